The first-order valence-electron chi connectivity index (χ1n) is 8.81. The summed E-state index contributed by atoms with van der Waals surface area (Å²) in [6.45, 7) is 3.12. The third-order valence-electron chi connectivity index (χ3n) is 4.51. The Morgan fingerprint density at radius 2 is 1.85 bits per heavy atom. The molecule has 3 rings (SSSR count). The van der Waals surface area contributed by atoms with E-state index >= 15 is 0 Å². The highest BCUT2D eigenvalue weighted by molar-refractivity contribution is 9.10. The van der Waals surface area contributed by atoms with Crippen molar-refractivity contribution in [2.75, 3.05) is 26.2 Å². The van der Waals surface area contributed by atoms with Gasteiger partial charge in [-0.05, 0) is 68.4 Å². The van der Waals surface area contributed by atoms with Gasteiger partial charge in [0.2, 0.25) is 10.0 Å². The van der Waals surface area contributed by atoms with Crippen LogP contribution in [0.4, 0.5) is 0 Å². The Labute approximate surface area is 173 Å². The van der Waals surface area contributed by atoms with E-state index in [2.05, 4.69) is 25.6 Å². The first kappa shape index (κ1) is 20.6. The van der Waals surface area contributed by atoms with Gasteiger partial charge in [-0.3, -0.25) is 4.90 Å². The summed E-state index contributed by atoms with van der Waals surface area (Å²) >= 11 is 9.25. The van der Waals surface area contributed by atoms with Crippen molar-refractivity contribution >= 4 is 37.6 Å². The first-order chi connectivity index (χ1) is 12.9. The Morgan fingerprint density at radius 1 is 1.15 bits per heavy atom. The number of nitrogens with one attached hydrogen (secondary N) is 1. The van der Waals surface area contributed by atoms with Crippen molar-refractivity contribution in [3.05, 3.63) is 58.0 Å². The van der Waals surface area contributed by atoms with E-state index < -0.39 is 10.0 Å². The Bertz CT molecular complexity index is 854. The highest BCUT2D eigenvalue weighted by Gasteiger charge is 2.24. The number of benzene rings is 2. The molecule has 0 bridgehead atoms. The second-order valence-electron chi connectivity index (χ2n) is 6.50. The maximum Gasteiger partial charge on any atom is 0.240 e. The summed E-state index contributed by atoms with van der Waals surface area (Å²) < 4.78 is 34.5. The van der Waals surface area contributed by atoms with Crippen molar-refractivity contribution < 1.29 is 13.2 Å². The zero-order valence-corrected chi connectivity index (χ0v) is 17.9. The SMILES string of the molecule is O=S(=O)(NC1CCN(CCOc2cccc(Br)c2)CC1)c1ccc(Cl)cc1. The van der Waals surface area contributed by atoms with E-state index in [4.69, 9.17) is 16.3 Å². The molecule has 0 spiro atoms. The van der Waals surface area contributed by atoms with E-state index in [0.29, 0.717) is 11.6 Å². The number of sulfonamides is 1. The fourth-order valence-electron chi connectivity index (χ4n) is 3.03. The smallest absolute Gasteiger partial charge is 0.240 e. The average molecular weight is 474 g/mol. The first-order valence-corrected chi connectivity index (χ1v) is 11.5. The van der Waals surface area contributed by atoms with Crippen molar-refractivity contribution in [2.45, 2.75) is 23.8 Å². The third-order valence-corrected chi connectivity index (χ3v) is 6.79. The summed E-state index contributed by atoms with van der Waals surface area (Å²) in [5.74, 6) is 0.843. The predicted octanol–water partition coefficient (Wildman–Crippen LogP) is 3.92. The van der Waals surface area contributed by atoms with Crippen LogP contribution in [-0.2, 0) is 10.0 Å². The summed E-state index contributed by atoms with van der Waals surface area (Å²) in [6, 6.07) is 14.0. The molecule has 1 saturated heterocycles. The molecule has 0 atom stereocenters. The number of piperidine rings is 1. The number of hydrogen-bond donors (Lipinski definition) is 1. The van der Waals surface area contributed by atoms with Gasteiger partial charge in [-0.2, -0.15) is 0 Å². The molecule has 8 heteroatoms. The minimum atomic E-state index is -3.51. The van der Waals surface area contributed by atoms with Gasteiger partial charge in [0.15, 0.2) is 0 Å². The average Bonchev–Trinajstić information content (AvgIpc) is 2.63. The zero-order valence-electron chi connectivity index (χ0n) is 14.8. The van der Waals surface area contributed by atoms with Crippen LogP contribution in [0.1, 0.15) is 12.8 Å². The van der Waals surface area contributed by atoms with Crippen molar-refractivity contribution in [1.82, 2.24) is 9.62 Å². The maximum atomic E-state index is 12.5. The molecule has 0 amide bonds. The lowest BCUT2D eigenvalue weighted by atomic mass is 10.1. The molecule has 1 aliphatic rings. The summed E-state index contributed by atoms with van der Waals surface area (Å²) in [6.07, 6.45) is 1.56. The fraction of sp³-hybridized carbons (Fsp3) is 0.368. The predicted molar refractivity (Wildman–Crippen MR) is 111 cm³/mol. The monoisotopic (exact) mass is 472 g/mol. The molecule has 1 fully saturated rings. The molecule has 0 unspecified atom stereocenters. The number of nitrogens with zero attached hydrogens (tertiary/aromatic N) is 1. The van der Waals surface area contributed by atoms with Gasteiger partial charge in [-0.1, -0.05) is 33.6 Å². The van der Waals surface area contributed by atoms with E-state index in [1.807, 2.05) is 24.3 Å². The van der Waals surface area contributed by atoms with Gasteiger partial charge in [0.1, 0.15) is 12.4 Å². The number of hydrogen-bond acceptors (Lipinski definition) is 4. The molecule has 5 nitrogen and oxygen atoms in total. The molecule has 1 N–H and O–H groups in total. The second kappa shape index (κ2) is 9.39. The topological polar surface area (TPSA) is 58.6 Å². The van der Waals surface area contributed by atoms with Gasteiger partial charge in [-0.15, -0.1) is 0 Å². The van der Waals surface area contributed by atoms with Crippen LogP contribution in [0.5, 0.6) is 5.75 Å². The Hall–Kier alpha value is -1.12. The van der Waals surface area contributed by atoms with Crippen LogP contribution >= 0.6 is 27.5 Å². The van der Waals surface area contributed by atoms with Crippen LogP contribution < -0.4 is 9.46 Å². The van der Waals surface area contributed by atoms with Gasteiger partial charge in [0, 0.05) is 22.1 Å². The molecule has 27 heavy (non-hydrogen) atoms. The van der Waals surface area contributed by atoms with Gasteiger partial charge in [0.05, 0.1) is 4.90 Å². The summed E-state index contributed by atoms with van der Waals surface area (Å²) in [4.78, 5) is 2.54. The second-order valence-corrected chi connectivity index (χ2v) is 9.56. The molecule has 0 aromatic heterocycles. The molecular weight excluding hydrogens is 452 g/mol. The van der Waals surface area contributed by atoms with Crippen molar-refractivity contribution in [2.24, 2.45) is 0 Å². The van der Waals surface area contributed by atoms with Crippen LogP contribution in [-0.4, -0.2) is 45.6 Å². The Kier molecular flexibility index (Phi) is 7.16. The molecule has 0 aliphatic carbocycles. The van der Waals surface area contributed by atoms with E-state index in [1.165, 1.54) is 12.1 Å². The van der Waals surface area contributed by atoms with Gasteiger partial charge in [0.25, 0.3) is 0 Å². The molecule has 2 aromatic carbocycles. The Balaban J connectivity index is 1.42. The Morgan fingerprint density at radius 3 is 2.52 bits per heavy atom. The van der Waals surface area contributed by atoms with Crippen LogP contribution in [0.25, 0.3) is 0 Å². The standard InChI is InChI=1S/C19H22BrClN2O3S/c20-15-2-1-3-18(14-15)26-13-12-23-10-8-17(9-11-23)22-27(24,25)19-6-4-16(21)5-7-19/h1-7,14,17,22H,8-13H2. The number of ether oxygens (including phenoxy) is 1. The number of rotatable bonds is 7. The van der Waals surface area contributed by atoms with Crippen molar-refractivity contribution in [3.8, 4) is 5.75 Å². The van der Waals surface area contributed by atoms with Crippen LogP contribution in [0.15, 0.2) is 57.9 Å². The minimum Gasteiger partial charge on any atom is -0.492 e. The molecular formula is C19H22BrClN2O3S. The lowest BCUT2D eigenvalue weighted by Crippen LogP contribution is -2.45. The quantitative estimate of drug-likeness (QED) is 0.662. The molecule has 0 saturated carbocycles. The van der Waals surface area contributed by atoms with Gasteiger partial charge in [-0.25, -0.2) is 13.1 Å². The third kappa shape index (κ3) is 6.19. The molecule has 2 aromatic rings. The van der Waals surface area contributed by atoms with Gasteiger partial charge >= 0.3 is 0 Å². The summed E-state index contributed by atoms with van der Waals surface area (Å²) in [5.41, 5.74) is 0. The van der Waals surface area contributed by atoms with E-state index in [1.54, 1.807) is 12.1 Å². The highest BCUT2D eigenvalue weighted by atomic mass is 79.9. The molecule has 146 valence electrons. The molecule has 1 aliphatic heterocycles. The van der Waals surface area contributed by atoms with E-state index in [9.17, 15) is 8.42 Å². The van der Waals surface area contributed by atoms with E-state index in [-0.39, 0.29) is 10.9 Å². The molecule has 1 heterocycles. The van der Waals surface area contributed by atoms with Crippen LogP contribution in [0.3, 0.4) is 0 Å². The van der Waals surface area contributed by atoms with Gasteiger partial charge < -0.3 is 4.74 Å². The summed E-state index contributed by atoms with van der Waals surface area (Å²) in [7, 11) is -3.51. The largest absolute Gasteiger partial charge is 0.492 e. The lowest BCUT2D eigenvalue weighted by Gasteiger charge is -2.32. The number of halogens is 2. The fourth-order valence-corrected chi connectivity index (χ4v) is 4.83. The minimum absolute atomic E-state index is 0.0482. The summed E-state index contributed by atoms with van der Waals surface area (Å²) in [5, 5.41) is 0.521. The number of likely N-dealkylation sites (tertiary alicyclic amines) is 1. The lowest BCUT2D eigenvalue weighted by molar-refractivity contribution is 0.170. The molecule has 0 radical (unpaired) electrons. The zero-order chi connectivity index (χ0) is 19.3. The van der Waals surface area contributed by atoms with Crippen LogP contribution in [0.2, 0.25) is 5.02 Å². The van der Waals surface area contributed by atoms with Crippen LogP contribution in [0, 0.1) is 0 Å². The van der Waals surface area contributed by atoms with Crippen molar-refractivity contribution in [3.63, 3.8) is 0 Å². The maximum absolute atomic E-state index is 12.5. The normalized spacial score (nSPS) is 16.4. The van der Waals surface area contributed by atoms with E-state index in [0.717, 1.165) is 42.7 Å². The highest BCUT2D eigenvalue weighted by Crippen LogP contribution is 2.19. The van der Waals surface area contributed by atoms with Crippen molar-refractivity contribution in [1.29, 1.82) is 0 Å².